The first-order chi connectivity index (χ1) is 66.0. The van der Waals surface area contributed by atoms with Gasteiger partial charge in [-0.05, 0) is 244 Å². The fourth-order valence-electron chi connectivity index (χ4n) is 23.1. The number of nitrogens with zero attached hydrogens (tertiary/aromatic N) is 3. The molecule has 2 spiro atoms. The molecule has 0 N–H and O–H groups in total. The van der Waals surface area contributed by atoms with E-state index < -0.39 is 0 Å². The van der Waals surface area contributed by atoms with E-state index in [1.165, 1.54) is 122 Å². The number of fused-ring (bicyclic) bond motifs is 16. The minimum absolute atomic E-state index is 0. The highest BCUT2D eigenvalue weighted by molar-refractivity contribution is 9.25. The molecule has 140 heavy (non-hydrogen) atoms. The maximum atomic E-state index is 4.02. The average molecular weight is 2020 g/mol. The molecule has 21 rings (SSSR count). The van der Waals surface area contributed by atoms with Crippen LogP contribution in [-0.4, -0.2) is 24.5 Å². The summed E-state index contributed by atoms with van der Waals surface area (Å²) >= 11 is 11.6. The minimum atomic E-state index is -0.317. The summed E-state index contributed by atoms with van der Waals surface area (Å²) in [5.74, 6) is 0.868. The number of hydrogen-bond acceptors (Lipinski definition) is 3. The zero-order valence-electron chi connectivity index (χ0n) is 83.4. The SMILES string of the molecule is BrB1c2ccccc2C2(c3ccccc31)c1ccccc1B(Br)c1ccccc12.C.C.CC(C)(C)c1ccc(N(c2ccc(B3c4ccccc4C4(c5ccccc5B(c5ccc(N(c6ccc(C(C)(C)C)cc6)c6ccc(C(C)(C)C)cc6)cc5)C5C=CC=CC54)C4C=CC=CC34)cc2)c2ccc(C(C)(C)C)cc2)cc1.CC(C)(C)c1ccc(N(c2ccc(Br)cc2)c2ccc(C(C)(C)C)cc2)cc1.[2HH]. The Morgan fingerprint density at radius 2 is 0.414 bits per heavy atom. The lowest BCUT2D eigenvalue weighted by atomic mass is 9.19. The molecule has 0 aromatic heterocycles. The van der Waals surface area contributed by atoms with Crippen LogP contribution in [0.3, 0.4) is 0 Å². The van der Waals surface area contributed by atoms with Crippen LogP contribution in [0.25, 0.3) is 0 Å². The van der Waals surface area contributed by atoms with Gasteiger partial charge in [-0.25, -0.2) is 0 Å². The summed E-state index contributed by atoms with van der Waals surface area (Å²) in [4.78, 5) is 7.17. The molecule has 3 nitrogen and oxygen atoms in total. The van der Waals surface area contributed by atoms with Crippen molar-refractivity contribution in [2.75, 3.05) is 14.7 Å². The first-order valence-corrected chi connectivity index (χ1v) is 52.2. The van der Waals surface area contributed by atoms with E-state index >= 15 is 0 Å². The Morgan fingerprint density at radius 1 is 0.229 bits per heavy atom. The van der Waals surface area contributed by atoms with Gasteiger partial charge in [-0.1, -0.05) is 490 Å². The minimum Gasteiger partial charge on any atom is -0.311 e. The zero-order valence-corrected chi connectivity index (χ0v) is 88.1. The Labute approximate surface area is 865 Å². The van der Waals surface area contributed by atoms with Gasteiger partial charge < -0.3 is 14.7 Å². The molecule has 15 aromatic carbocycles. The number of anilines is 9. The van der Waals surface area contributed by atoms with Crippen molar-refractivity contribution in [2.24, 2.45) is 11.8 Å². The molecular formula is C130H136B4Br3N3. The summed E-state index contributed by atoms with van der Waals surface area (Å²) < 4.78 is 1.09. The Hall–Kier alpha value is -11.6. The van der Waals surface area contributed by atoms with Crippen LogP contribution in [0.1, 0.15) is 208 Å². The molecule has 704 valence electrons. The molecule has 15 aromatic rings. The number of hydrogen-bond donors (Lipinski definition) is 0. The highest BCUT2D eigenvalue weighted by Gasteiger charge is 2.62. The zero-order chi connectivity index (χ0) is 96.8. The lowest BCUT2D eigenvalue weighted by Gasteiger charge is -2.59. The van der Waals surface area contributed by atoms with Gasteiger partial charge in [0.25, 0.3) is 11.1 Å². The van der Waals surface area contributed by atoms with Crippen molar-refractivity contribution in [3.8, 4) is 0 Å². The molecule has 0 saturated heterocycles. The summed E-state index contributed by atoms with van der Waals surface area (Å²) in [6, 6.07) is 137. The topological polar surface area (TPSA) is 9.72 Å². The first-order valence-electron chi connectivity index (χ1n) is 49.5. The van der Waals surface area contributed by atoms with E-state index in [1.54, 1.807) is 0 Å². The van der Waals surface area contributed by atoms with Gasteiger partial charge in [0.2, 0.25) is 13.4 Å². The van der Waals surface area contributed by atoms with Crippen molar-refractivity contribution in [3.05, 3.63) is 484 Å². The quantitative estimate of drug-likeness (QED) is 0.120. The third-order valence-corrected chi connectivity index (χ3v) is 32.8. The highest BCUT2D eigenvalue weighted by Crippen LogP contribution is 2.61. The molecule has 4 atom stereocenters. The van der Waals surface area contributed by atoms with Crippen LogP contribution in [0.2, 0.25) is 11.6 Å². The second-order valence-electron chi connectivity index (χ2n) is 45.0. The van der Waals surface area contributed by atoms with Gasteiger partial charge in [0.05, 0.1) is 5.41 Å². The molecule has 0 amide bonds. The molecule has 0 radical (unpaired) electrons. The fourth-order valence-corrected chi connectivity index (χ4v) is 25.0. The Morgan fingerprint density at radius 3 is 0.636 bits per heavy atom. The van der Waals surface area contributed by atoms with Crippen molar-refractivity contribution in [3.63, 3.8) is 0 Å². The first kappa shape index (κ1) is 99.9. The molecule has 0 saturated carbocycles. The van der Waals surface area contributed by atoms with Gasteiger partial charge >= 0.3 is 0 Å². The van der Waals surface area contributed by atoms with Gasteiger partial charge in [0, 0.05) is 62.5 Å². The van der Waals surface area contributed by atoms with E-state index in [2.05, 4.69) is 599 Å². The second kappa shape index (κ2) is 39.3. The van der Waals surface area contributed by atoms with Crippen molar-refractivity contribution < 1.29 is 1.43 Å². The predicted octanol–water partition coefficient (Wildman–Crippen LogP) is 31.3. The largest absolute Gasteiger partial charge is 0.311 e. The number of allylic oxidation sites excluding steroid dienone is 8. The van der Waals surface area contributed by atoms with E-state index in [4.69, 9.17) is 0 Å². The van der Waals surface area contributed by atoms with Gasteiger partial charge in [-0.15, -0.1) is 31.5 Å². The number of benzene rings is 15. The highest BCUT2D eigenvalue weighted by atomic mass is 79.9. The second-order valence-corrected chi connectivity index (χ2v) is 47.8. The molecule has 2 aliphatic carbocycles. The van der Waals surface area contributed by atoms with E-state index in [1.807, 2.05) is 0 Å². The molecular weight excluding hydrogens is 1890 g/mol. The smallest absolute Gasteiger partial charge is 0.288 e. The fraction of sp³-hybridized carbons (Fsp3) is 0.246. The third-order valence-electron chi connectivity index (χ3n) is 30.3. The van der Waals surface area contributed by atoms with E-state index in [0.717, 1.165) is 44.3 Å². The summed E-state index contributed by atoms with van der Waals surface area (Å²) in [5.41, 5.74) is 38.1. The Balaban J connectivity index is 0.000000193. The standard InChI is InChI=1S/C77H80B2N2.C26H30BrN.C25H16B2Br2.2CH4.H2/c1-73(2,3)53-29-41-59(42-30-53)80(60-43-31-54(32-44-60)74(4,5)6)63-49-37-57(38-50-63)78-69-25-17-13-21-65(69)77(66-22-14-18-26-70(66)78)67-23-15-19-27-71(67)79(72-28-20-16-24-68(72)77)58-39-51-64(52-40-58)81(61-45-33-55(34-46-61)75(7,8)9)62-47-35-56(36-48-62)76(10,11)12;1-25(2,3)19-7-13-22(14-8-19)28(24-17-11-21(27)12-18-24)23-15-9-20(10-16-23)26(4,5)6;28-26-21-13-5-1-9-17(21)25(18-10-2-6-14-22(18)26)19-11-3-7-15-23(19)27(29)24-16-8-4-12-20(24)25;;;/h13-52,65,67,69,71H,1-12H3;7-18H,1-6H3;1-16H;2*1H4;1H/i;;;;;1+1. The van der Waals surface area contributed by atoms with Gasteiger partial charge in [0.15, 0.2) is 0 Å². The normalized spacial score (nSPS) is 17.3. The molecule has 10 heteroatoms. The van der Waals surface area contributed by atoms with Crippen molar-refractivity contribution in [1.82, 2.24) is 0 Å². The maximum absolute atomic E-state index is 4.02. The van der Waals surface area contributed by atoms with Gasteiger partial charge in [-0.3, -0.25) is 0 Å². The Kier molecular flexibility index (Phi) is 28.1. The van der Waals surface area contributed by atoms with Crippen LogP contribution in [0.4, 0.5) is 51.2 Å². The number of halogens is 3. The monoisotopic (exact) mass is 2020 g/mol. The predicted molar refractivity (Wildman–Crippen MR) is 626 cm³/mol. The lowest BCUT2D eigenvalue weighted by Crippen LogP contribution is -2.67. The van der Waals surface area contributed by atoms with Crippen molar-refractivity contribution in [2.45, 2.75) is 194 Å². The molecule has 6 aliphatic rings. The Bertz CT molecular complexity index is 6450. The summed E-state index contributed by atoms with van der Waals surface area (Å²) in [6.45, 7) is 41.3. The summed E-state index contributed by atoms with van der Waals surface area (Å²) in [7, 11) is 0. The van der Waals surface area contributed by atoms with Crippen LogP contribution in [-0.2, 0) is 43.3 Å². The van der Waals surface area contributed by atoms with Gasteiger partial charge in [0.1, 0.15) is 0 Å². The van der Waals surface area contributed by atoms with Crippen LogP contribution in [0, 0.1) is 11.8 Å². The van der Waals surface area contributed by atoms with E-state index in [9.17, 15) is 0 Å². The number of rotatable bonds is 11. The molecule has 0 bridgehead atoms. The van der Waals surface area contributed by atoms with Gasteiger partial charge in [-0.2, -0.15) is 0 Å². The van der Waals surface area contributed by atoms with Crippen LogP contribution in [0.15, 0.2) is 417 Å². The molecule has 4 unspecified atom stereocenters. The molecule has 0 fully saturated rings. The maximum Gasteiger partial charge on any atom is 0.288 e. The van der Waals surface area contributed by atoms with Crippen LogP contribution in [0.5, 0.6) is 0 Å². The van der Waals surface area contributed by atoms with Crippen LogP contribution < -0.4 is 58.4 Å². The lowest BCUT2D eigenvalue weighted by molar-refractivity contribution is 0.281. The molecule has 4 aliphatic heterocycles. The summed E-state index contributed by atoms with van der Waals surface area (Å²) in [5, 5.41) is 0. The van der Waals surface area contributed by atoms with Crippen molar-refractivity contribution >= 4 is 167 Å². The average Bonchev–Trinajstić information content (AvgIpc) is 0.691. The molecule has 4 heterocycles. The third kappa shape index (κ3) is 18.6. The van der Waals surface area contributed by atoms with E-state index in [0.29, 0.717) is 0 Å². The van der Waals surface area contributed by atoms with Crippen molar-refractivity contribution in [1.29, 1.82) is 0 Å². The van der Waals surface area contributed by atoms with Crippen LogP contribution >= 0.6 is 47.4 Å². The summed E-state index contributed by atoms with van der Waals surface area (Å²) in [6.07, 6.45) is 19.6. The van der Waals surface area contributed by atoms with E-state index in [-0.39, 0.29) is 108 Å².